The summed E-state index contributed by atoms with van der Waals surface area (Å²) < 4.78 is 104. The van der Waals surface area contributed by atoms with Gasteiger partial charge in [-0.2, -0.15) is 18.3 Å². The van der Waals surface area contributed by atoms with Gasteiger partial charge in [-0.15, -0.1) is 0 Å². The van der Waals surface area contributed by atoms with Gasteiger partial charge in [0.2, 0.25) is 5.92 Å². The largest absolute Gasteiger partial charge is 0.450 e. The van der Waals surface area contributed by atoms with E-state index in [2.05, 4.69) is 5.10 Å². The molecule has 168 valence electrons. The van der Waals surface area contributed by atoms with Crippen LogP contribution in [-0.4, -0.2) is 27.8 Å². The molecule has 4 atom stereocenters. The summed E-state index contributed by atoms with van der Waals surface area (Å²) in [5.41, 5.74) is -3.45. The van der Waals surface area contributed by atoms with Gasteiger partial charge < -0.3 is 4.74 Å². The van der Waals surface area contributed by atoms with Gasteiger partial charge in [0.05, 0.1) is 22.9 Å². The minimum absolute atomic E-state index is 0.00389. The van der Waals surface area contributed by atoms with E-state index >= 15 is 0 Å². The minimum Gasteiger partial charge on any atom is -0.450 e. The number of nitrogens with zero attached hydrogens (tertiary/aromatic N) is 2. The lowest BCUT2D eigenvalue weighted by Gasteiger charge is -2.30. The van der Waals surface area contributed by atoms with Gasteiger partial charge in [0.15, 0.2) is 24.1 Å². The third kappa shape index (κ3) is 3.89. The third-order valence-corrected chi connectivity index (χ3v) is 5.57. The lowest BCUT2D eigenvalue weighted by Crippen LogP contribution is -2.30. The Hall–Kier alpha value is -2.59. The Labute approximate surface area is 172 Å². The lowest BCUT2D eigenvalue weighted by molar-refractivity contribution is -0.143. The molecule has 0 saturated heterocycles. The first-order valence-electron chi connectivity index (χ1n) is 9.61. The number of fused-ring (bicyclic) bond motifs is 1. The van der Waals surface area contributed by atoms with E-state index in [4.69, 9.17) is 4.74 Å². The number of ether oxygens (including phenoxy) is 1. The molecule has 1 heterocycles. The van der Waals surface area contributed by atoms with Gasteiger partial charge in [0.1, 0.15) is 0 Å². The summed E-state index contributed by atoms with van der Waals surface area (Å²) >= 11 is 0. The third-order valence-electron chi connectivity index (χ3n) is 5.57. The highest BCUT2D eigenvalue weighted by Gasteiger charge is 2.55. The van der Waals surface area contributed by atoms with Crippen molar-refractivity contribution in [2.75, 3.05) is 0 Å². The molecule has 0 bridgehead atoms. The minimum atomic E-state index is -5.13. The molecule has 4 rings (SSSR count). The molecule has 1 aromatic heterocycles. The van der Waals surface area contributed by atoms with Crippen LogP contribution in [0, 0.1) is 0 Å². The zero-order valence-corrected chi connectivity index (χ0v) is 15.9. The zero-order chi connectivity index (χ0) is 22.6. The van der Waals surface area contributed by atoms with Crippen molar-refractivity contribution in [2.24, 2.45) is 0 Å². The molecule has 0 N–H and O–H groups in total. The van der Waals surface area contributed by atoms with Crippen molar-refractivity contribution in [3.05, 3.63) is 52.8 Å². The molecule has 31 heavy (non-hydrogen) atoms. The molecule has 2 aliphatic rings. The Bertz CT molecular complexity index is 974. The Balaban J connectivity index is 1.77. The van der Waals surface area contributed by atoms with Crippen LogP contribution in [-0.2, 0) is 10.9 Å². The summed E-state index contributed by atoms with van der Waals surface area (Å²) in [7, 11) is 0. The molecule has 0 spiro atoms. The second kappa shape index (κ2) is 7.52. The van der Waals surface area contributed by atoms with Gasteiger partial charge in [-0.25, -0.2) is 22.4 Å². The van der Waals surface area contributed by atoms with E-state index in [0.717, 1.165) is 0 Å². The number of halogens is 7. The fourth-order valence-corrected chi connectivity index (χ4v) is 4.20. The van der Waals surface area contributed by atoms with Crippen molar-refractivity contribution in [3.63, 3.8) is 0 Å². The predicted molar refractivity (Wildman–Crippen MR) is 93.0 cm³/mol. The second-order valence-corrected chi connectivity index (χ2v) is 7.73. The van der Waals surface area contributed by atoms with Gasteiger partial charge in [-0.3, -0.25) is 4.68 Å². The molecule has 4 nitrogen and oxygen atoms in total. The van der Waals surface area contributed by atoms with Crippen LogP contribution in [0.15, 0.2) is 30.3 Å². The quantitative estimate of drug-likeness (QED) is 0.431. The molecule has 2 aromatic rings. The zero-order valence-electron chi connectivity index (χ0n) is 15.9. The Kier molecular flexibility index (Phi) is 5.25. The van der Waals surface area contributed by atoms with Crippen LogP contribution in [0.1, 0.15) is 71.3 Å². The van der Waals surface area contributed by atoms with Gasteiger partial charge in [-0.1, -0.05) is 18.2 Å². The van der Waals surface area contributed by atoms with E-state index in [-0.39, 0.29) is 18.4 Å². The Morgan fingerprint density at radius 1 is 1.16 bits per heavy atom. The molecule has 0 amide bonds. The maximum absolute atomic E-state index is 14.8. The van der Waals surface area contributed by atoms with E-state index in [1.165, 1.54) is 24.3 Å². The Morgan fingerprint density at radius 2 is 1.84 bits per heavy atom. The van der Waals surface area contributed by atoms with E-state index in [0.29, 0.717) is 4.68 Å². The second-order valence-electron chi connectivity index (χ2n) is 7.73. The standard InChI is InChI=1S/C20H17F7N2O2/c21-13-14(22)16(31-18(30)10-5-2-1-3-6-10)12-15(13)29(28-17(12)20(25,26)27)11-7-4-8-19(23,24)9-11/h1-3,5-6,11,13-14,16H,4,7-9H2/t11-,13-,14+,16-/m0/s1. The van der Waals surface area contributed by atoms with E-state index < -0.39 is 72.4 Å². The highest BCUT2D eigenvalue weighted by molar-refractivity contribution is 5.89. The molecular formula is C20H17F7N2O2. The Morgan fingerprint density at radius 3 is 2.45 bits per heavy atom. The summed E-state index contributed by atoms with van der Waals surface area (Å²) in [5.74, 6) is -4.29. The molecule has 1 fully saturated rings. The fourth-order valence-electron chi connectivity index (χ4n) is 4.20. The van der Waals surface area contributed by atoms with Crippen LogP contribution in [0.4, 0.5) is 30.7 Å². The number of alkyl halides is 7. The first kappa shape index (κ1) is 21.6. The number of hydrogen-bond donors (Lipinski definition) is 0. The van der Waals surface area contributed by atoms with Crippen molar-refractivity contribution < 1.29 is 40.3 Å². The van der Waals surface area contributed by atoms with E-state index in [9.17, 15) is 35.5 Å². The molecule has 0 radical (unpaired) electrons. The first-order valence-corrected chi connectivity index (χ1v) is 9.61. The molecular weight excluding hydrogens is 433 g/mol. The number of esters is 1. The van der Waals surface area contributed by atoms with Gasteiger partial charge >= 0.3 is 12.1 Å². The van der Waals surface area contributed by atoms with Crippen molar-refractivity contribution in [3.8, 4) is 0 Å². The number of benzene rings is 1. The van der Waals surface area contributed by atoms with Crippen LogP contribution >= 0.6 is 0 Å². The number of aromatic nitrogens is 2. The summed E-state index contributed by atoms with van der Waals surface area (Å²) in [4.78, 5) is 12.3. The predicted octanol–water partition coefficient (Wildman–Crippen LogP) is 5.91. The molecule has 11 heteroatoms. The number of hydrogen-bond acceptors (Lipinski definition) is 3. The summed E-state index contributed by atoms with van der Waals surface area (Å²) in [6, 6.07) is 5.87. The molecule has 2 aliphatic carbocycles. The summed E-state index contributed by atoms with van der Waals surface area (Å²) in [5, 5.41) is 3.37. The summed E-state index contributed by atoms with van der Waals surface area (Å²) in [6.45, 7) is 0. The average Bonchev–Trinajstić information content (AvgIpc) is 3.20. The maximum atomic E-state index is 14.8. The SMILES string of the molecule is O=C(O[C@H]1c2c(C(F)(F)F)nn([C@H]3CCCC(F)(F)C3)c2[C@@H](F)[C@H]1F)c1ccccc1. The van der Waals surface area contributed by atoms with Crippen molar-refractivity contribution >= 4 is 5.97 Å². The van der Waals surface area contributed by atoms with Crippen LogP contribution in [0.2, 0.25) is 0 Å². The average molecular weight is 450 g/mol. The van der Waals surface area contributed by atoms with Gasteiger partial charge in [0.25, 0.3) is 0 Å². The molecule has 1 saturated carbocycles. The number of carbonyl (C=O) groups excluding carboxylic acids is 1. The molecule has 0 unspecified atom stereocenters. The highest BCUT2D eigenvalue weighted by Crippen LogP contribution is 2.52. The normalized spacial score (nSPS) is 27.7. The van der Waals surface area contributed by atoms with Crippen molar-refractivity contribution in [1.29, 1.82) is 0 Å². The van der Waals surface area contributed by atoms with Crippen molar-refractivity contribution in [1.82, 2.24) is 9.78 Å². The summed E-state index contributed by atoms with van der Waals surface area (Å²) in [6.07, 6.45) is -13.8. The highest BCUT2D eigenvalue weighted by atomic mass is 19.4. The number of rotatable bonds is 3. The first-order chi connectivity index (χ1) is 14.5. The van der Waals surface area contributed by atoms with Crippen LogP contribution < -0.4 is 0 Å². The monoisotopic (exact) mass is 450 g/mol. The smallest absolute Gasteiger partial charge is 0.435 e. The fraction of sp³-hybridized carbons (Fsp3) is 0.500. The van der Waals surface area contributed by atoms with Crippen LogP contribution in [0.25, 0.3) is 0 Å². The van der Waals surface area contributed by atoms with E-state index in [1.807, 2.05) is 0 Å². The van der Waals surface area contributed by atoms with Crippen molar-refractivity contribution in [2.45, 2.75) is 62.3 Å². The van der Waals surface area contributed by atoms with Gasteiger partial charge in [-0.05, 0) is 25.0 Å². The van der Waals surface area contributed by atoms with Crippen LogP contribution in [0.5, 0.6) is 0 Å². The molecule has 1 aromatic carbocycles. The van der Waals surface area contributed by atoms with Crippen LogP contribution in [0.3, 0.4) is 0 Å². The molecule has 0 aliphatic heterocycles. The topological polar surface area (TPSA) is 44.1 Å². The maximum Gasteiger partial charge on any atom is 0.435 e. The van der Waals surface area contributed by atoms with Gasteiger partial charge in [0, 0.05) is 12.8 Å². The lowest BCUT2D eigenvalue weighted by atomic mass is 9.92. The number of carbonyl (C=O) groups is 1. The van der Waals surface area contributed by atoms with E-state index in [1.54, 1.807) is 6.07 Å².